The summed E-state index contributed by atoms with van der Waals surface area (Å²) in [6.45, 7) is 0. The second-order valence-corrected chi connectivity index (χ2v) is 2.50. The average Bonchev–Trinajstić information content (AvgIpc) is 2.65. The lowest BCUT2D eigenvalue weighted by atomic mass is 10.2. The van der Waals surface area contributed by atoms with Gasteiger partial charge in [0.25, 0.3) is 0 Å². The van der Waals surface area contributed by atoms with E-state index in [2.05, 4.69) is 11.8 Å². The molecule has 1 fully saturated rings. The van der Waals surface area contributed by atoms with Crippen LogP contribution in [0.4, 0.5) is 0 Å². The van der Waals surface area contributed by atoms with Gasteiger partial charge < -0.3 is 4.74 Å². The highest BCUT2D eigenvalue weighted by Gasteiger charge is 2.21. The number of carbonyl (C=O) groups excluding carboxylic acids is 1. The van der Waals surface area contributed by atoms with Gasteiger partial charge in [0.1, 0.15) is 7.11 Å². The van der Waals surface area contributed by atoms with Gasteiger partial charge in [0, 0.05) is 6.42 Å². The molecule has 1 aliphatic rings. The van der Waals surface area contributed by atoms with E-state index in [0.29, 0.717) is 6.42 Å². The highest BCUT2D eigenvalue weighted by Crippen LogP contribution is 2.33. The molecule has 0 aliphatic heterocycles. The van der Waals surface area contributed by atoms with Crippen molar-refractivity contribution in [1.29, 1.82) is 0 Å². The Balaban J connectivity index is 1.96. The normalized spacial score (nSPS) is 17.4. The van der Waals surface area contributed by atoms with Crippen LogP contribution in [-0.4, -0.2) is 5.97 Å². The first-order valence-corrected chi connectivity index (χ1v) is 3.28. The fourth-order valence-corrected chi connectivity index (χ4v) is 0.801. The summed E-state index contributed by atoms with van der Waals surface area (Å²) in [4.78, 5) is 10.5. The Hall–Kier alpha value is -0.530. The third kappa shape index (κ3) is 2.49. The molecule has 0 aromatic rings. The summed E-state index contributed by atoms with van der Waals surface area (Å²) in [6, 6.07) is 0. The summed E-state index contributed by atoms with van der Waals surface area (Å²) in [7, 11) is 3.03. The maximum atomic E-state index is 10.5. The molecule has 9 heavy (non-hydrogen) atoms. The van der Waals surface area contributed by atoms with E-state index < -0.39 is 0 Å². The van der Waals surface area contributed by atoms with Crippen LogP contribution in [0.2, 0.25) is 0 Å². The molecular formula is C7H11O2. The zero-order chi connectivity index (χ0) is 6.69. The summed E-state index contributed by atoms with van der Waals surface area (Å²) < 4.78 is 4.24. The highest BCUT2D eigenvalue weighted by molar-refractivity contribution is 5.69. The van der Waals surface area contributed by atoms with E-state index in [4.69, 9.17) is 0 Å². The number of ether oxygens (including phenoxy) is 1. The van der Waals surface area contributed by atoms with E-state index in [9.17, 15) is 4.79 Å². The number of esters is 1. The molecule has 0 unspecified atom stereocenters. The summed E-state index contributed by atoms with van der Waals surface area (Å²) in [5, 5.41) is 0. The van der Waals surface area contributed by atoms with E-state index in [0.717, 1.165) is 12.3 Å². The van der Waals surface area contributed by atoms with Gasteiger partial charge in [-0.15, -0.1) is 0 Å². The molecule has 0 aromatic heterocycles. The van der Waals surface area contributed by atoms with Gasteiger partial charge in [-0.1, -0.05) is 12.8 Å². The average molecular weight is 127 g/mol. The molecule has 2 heteroatoms. The third-order valence-corrected chi connectivity index (χ3v) is 1.61. The van der Waals surface area contributed by atoms with Crippen LogP contribution < -0.4 is 0 Å². The Labute approximate surface area is 55.2 Å². The highest BCUT2D eigenvalue weighted by atomic mass is 16.5. The summed E-state index contributed by atoms with van der Waals surface area (Å²) in [6.07, 6.45) is 4.14. The minimum Gasteiger partial charge on any atom is -0.462 e. The Bertz CT molecular complexity index is 105. The molecular weight excluding hydrogens is 116 g/mol. The molecule has 1 radical (unpaired) electrons. The molecule has 0 aromatic carbocycles. The molecule has 1 saturated carbocycles. The standard InChI is InChI=1S/C7H11O2/c1-9-7(8)5-4-6-2-3-6/h6H,1-5H2. The summed E-state index contributed by atoms with van der Waals surface area (Å²) >= 11 is 0. The zero-order valence-corrected chi connectivity index (χ0v) is 5.43. The van der Waals surface area contributed by atoms with Crippen LogP contribution in [0.3, 0.4) is 0 Å². The van der Waals surface area contributed by atoms with Gasteiger partial charge in [0.15, 0.2) is 0 Å². The van der Waals surface area contributed by atoms with Gasteiger partial charge >= 0.3 is 5.97 Å². The predicted octanol–water partition coefficient (Wildman–Crippen LogP) is 1.51. The van der Waals surface area contributed by atoms with Crippen LogP contribution in [0.25, 0.3) is 0 Å². The summed E-state index contributed by atoms with van der Waals surface area (Å²) in [5.74, 6) is 0.631. The molecule has 51 valence electrons. The lowest BCUT2D eigenvalue weighted by Gasteiger charge is -1.94. The molecule has 0 bridgehead atoms. The number of hydrogen-bond donors (Lipinski definition) is 0. The van der Waals surface area contributed by atoms with E-state index >= 15 is 0 Å². The Morgan fingerprint density at radius 2 is 2.33 bits per heavy atom. The van der Waals surface area contributed by atoms with Gasteiger partial charge in [-0.2, -0.15) is 0 Å². The van der Waals surface area contributed by atoms with Crippen LogP contribution in [0, 0.1) is 13.0 Å². The Morgan fingerprint density at radius 3 is 2.78 bits per heavy atom. The zero-order valence-electron chi connectivity index (χ0n) is 5.43. The predicted molar refractivity (Wildman–Crippen MR) is 33.4 cm³/mol. The van der Waals surface area contributed by atoms with E-state index in [-0.39, 0.29) is 5.97 Å². The van der Waals surface area contributed by atoms with Crippen molar-refractivity contribution in [2.75, 3.05) is 0 Å². The van der Waals surface area contributed by atoms with Gasteiger partial charge in [0.2, 0.25) is 0 Å². The van der Waals surface area contributed by atoms with Crippen molar-refractivity contribution in [1.82, 2.24) is 0 Å². The first kappa shape index (κ1) is 6.59. The van der Waals surface area contributed by atoms with Crippen LogP contribution in [-0.2, 0) is 9.53 Å². The van der Waals surface area contributed by atoms with Gasteiger partial charge in [0.05, 0.1) is 0 Å². The Kier molecular flexibility index (Phi) is 2.09. The lowest BCUT2D eigenvalue weighted by molar-refractivity contribution is -0.138. The van der Waals surface area contributed by atoms with Gasteiger partial charge in [-0.3, -0.25) is 4.79 Å². The molecule has 2 nitrogen and oxygen atoms in total. The second-order valence-electron chi connectivity index (χ2n) is 2.50. The van der Waals surface area contributed by atoms with Crippen LogP contribution in [0.5, 0.6) is 0 Å². The molecule has 0 spiro atoms. The molecule has 0 heterocycles. The quantitative estimate of drug-likeness (QED) is 0.537. The van der Waals surface area contributed by atoms with Crippen LogP contribution in [0.1, 0.15) is 25.7 Å². The minimum absolute atomic E-state index is 0.179. The second kappa shape index (κ2) is 2.85. The molecule has 0 amide bonds. The first-order valence-electron chi connectivity index (χ1n) is 3.28. The molecule has 0 atom stereocenters. The molecule has 1 rings (SSSR count). The number of carbonyl (C=O) groups is 1. The van der Waals surface area contributed by atoms with E-state index in [1.54, 1.807) is 0 Å². The minimum atomic E-state index is -0.179. The molecule has 1 aliphatic carbocycles. The van der Waals surface area contributed by atoms with Gasteiger partial charge in [-0.25, -0.2) is 0 Å². The fraction of sp³-hybridized carbons (Fsp3) is 0.714. The third-order valence-electron chi connectivity index (χ3n) is 1.61. The van der Waals surface area contributed by atoms with Gasteiger partial charge in [-0.05, 0) is 12.3 Å². The monoisotopic (exact) mass is 127 g/mol. The van der Waals surface area contributed by atoms with Crippen molar-refractivity contribution < 1.29 is 9.53 Å². The van der Waals surface area contributed by atoms with Crippen molar-refractivity contribution >= 4 is 5.97 Å². The number of rotatable bonds is 3. The molecule has 0 N–H and O–H groups in total. The number of hydrogen-bond acceptors (Lipinski definition) is 2. The summed E-state index contributed by atoms with van der Waals surface area (Å²) in [5.41, 5.74) is 0. The largest absolute Gasteiger partial charge is 0.462 e. The Morgan fingerprint density at radius 1 is 1.67 bits per heavy atom. The maximum absolute atomic E-state index is 10.5. The smallest absolute Gasteiger partial charge is 0.305 e. The first-order chi connectivity index (χ1) is 4.33. The lowest BCUT2D eigenvalue weighted by Crippen LogP contribution is -1.97. The van der Waals surface area contributed by atoms with Crippen molar-refractivity contribution in [2.45, 2.75) is 25.7 Å². The van der Waals surface area contributed by atoms with Crippen molar-refractivity contribution in [3.63, 3.8) is 0 Å². The maximum Gasteiger partial charge on any atom is 0.305 e. The SMILES string of the molecule is [CH2]OC(=O)CCC1CC1. The fourth-order valence-electron chi connectivity index (χ4n) is 0.801. The topological polar surface area (TPSA) is 26.3 Å². The van der Waals surface area contributed by atoms with E-state index in [1.807, 2.05) is 0 Å². The van der Waals surface area contributed by atoms with E-state index in [1.165, 1.54) is 12.8 Å². The van der Waals surface area contributed by atoms with Crippen molar-refractivity contribution in [3.05, 3.63) is 7.11 Å². The van der Waals surface area contributed by atoms with Crippen molar-refractivity contribution in [2.24, 2.45) is 5.92 Å². The molecule has 0 saturated heterocycles. The van der Waals surface area contributed by atoms with Crippen LogP contribution >= 0.6 is 0 Å². The van der Waals surface area contributed by atoms with Crippen molar-refractivity contribution in [3.8, 4) is 0 Å². The van der Waals surface area contributed by atoms with Crippen LogP contribution in [0.15, 0.2) is 0 Å².